The van der Waals surface area contributed by atoms with Gasteiger partial charge in [0.2, 0.25) is 0 Å². The second-order valence-electron chi connectivity index (χ2n) is 6.27. The van der Waals surface area contributed by atoms with Crippen LogP contribution in [0.1, 0.15) is 20.8 Å². The van der Waals surface area contributed by atoms with Crippen molar-refractivity contribution in [1.29, 1.82) is 0 Å². The fourth-order valence-electron chi connectivity index (χ4n) is 2.07. The molecule has 0 saturated heterocycles. The molecule has 0 N–H and O–H groups in total. The van der Waals surface area contributed by atoms with Crippen LogP contribution >= 0.6 is 15.9 Å². The number of likely N-dealkylation sites (N-methyl/N-ethyl adjacent to an activating group) is 2. The molecule has 2 rings (SSSR count). The van der Waals surface area contributed by atoms with E-state index >= 15 is 0 Å². The van der Waals surface area contributed by atoms with Gasteiger partial charge in [-0.2, -0.15) is 0 Å². The van der Waals surface area contributed by atoms with Crippen LogP contribution in [-0.4, -0.2) is 54.2 Å². The molecule has 1 atom stereocenters. The minimum absolute atomic E-state index is 0.0369. The Morgan fingerprint density at radius 1 is 1.48 bits per heavy atom. The Labute approximate surface area is 143 Å². The monoisotopic (exact) mass is 385 g/mol. The number of fused-ring (bicyclic) bond motifs is 1. The third-order valence-electron chi connectivity index (χ3n) is 3.28. The van der Waals surface area contributed by atoms with E-state index in [4.69, 9.17) is 9.47 Å². The standard InChI is InChI=1S/C15H20BrN3O4/c1-15(2,3)23-14(21)18(4)9-8-22-10-6-7-11(16)17-12(10)19(5)13(9)20/h6-7,9H,8H2,1-5H3/t9-/m1/s1. The topological polar surface area (TPSA) is 72.0 Å². The van der Waals surface area contributed by atoms with Gasteiger partial charge >= 0.3 is 6.09 Å². The molecule has 0 aliphatic carbocycles. The predicted octanol–water partition coefficient (Wildman–Crippen LogP) is 2.43. The SMILES string of the molecule is CN1C(=O)[C@H](N(C)C(=O)OC(C)(C)C)COc2ccc(Br)nc21. The molecule has 7 nitrogen and oxygen atoms in total. The van der Waals surface area contributed by atoms with E-state index in [0.29, 0.717) is 16.2 Å². The fourth-order valence-corrected chi connectivity index (χ4v) is 2.37. The summed E-state index contributed by atoms with van der Waals surface area (Å²) < 4.78 is 11.6. The molecule has 2 amide bonds. The Hall–Kier alpha value is -1.83. The van der Waals surface area contributed by atoms with Gasteiger partial charge in [-0.1, -0.05) is 0 Å². The van der Waals surface area contributed by atoms with Crippen molar-refractivity contribution in [2.24, 2.45) is 0 Å². The Morgan fingerprint density at radius 3 is 2.74 bits per heavy atom. The van der Waals surface area contributed by atoms with Crippen molar-refractivity contribution in [3.8, 4) is 5.75 Å². The summed E-state index contributed by atoms with van der Waals surface area (Å²) in [7, 11) is 3.12. The van der Waals surface area contributed by atoms with Gasteiger partial charge in [0, 0.05) is 14.1 Å². The van der Waals surface area contributed by atoms with Crippen LogP contribution in [0.2, 0.25) is 0 Å². The maximum atomic E-state index is 12.7. The lowest BCUT2D eigenvalue weighted by Gasteiger charge is -2.29. The molecule has 1 aliphatic heterocycles. The summed E-state index contributed by atoms with van der Waals surface area (Å²) in [5, 5.41) is 0. The van der Waals surface area contributed by atoms with Gasteiger partial charge in [0.15, 0.2) is 11.6 Å². The number of carbonyl (C=O) groups is 2. The van der Waals surface area contributed by atoms with E-state index in [1.165, 1.54) is 16.8 Å². The summed E-state index contributed by atoms with van der Waals surface area (Å²) in [6, 6.07) is 2.67. The number of aromatic nitrogens is 1. The molecule has 23 heavy (non-hydrogen) atoms. The number of rotatable bonds is 1. The van der Waals surface area contributed by atoms with Gasteiger partial charge in [-0.05, 0) is 48.8 Å². The van der Waals surface area contributed by atoms with Crippen molar-refractivity contribution in [2.45, 2.75) is 32.4 Å². The summed E-state index contributed by atoms with van der Waals surface area (Å²) in [4.78, 5) is 31.8. The zero-order valence-electron chi connectivity index (χ0n) is 13.8. The van der Waals surface area contributed by atoms with E-state index in [1.807, 2.05) is 0 Å². The number of hydrogen-bond acceptors (Lipinski definition) is 5. The lowest BCUT2D eigenvalue weighted by atomic mass is 10.2. The molecule has 0 radical (unpaired) electrons. The second kappa shape index (κ2) is 6.35. The van der Waals surface area contributed by atoms with Crippen LogP contribution in [0.5, 0.6) is 5.75 Å². The molecule has 126 valence electrons. The number of carbonyl (C=O) groups excluding carboxylic acids is 2. The summed E-state index contributed by atoms with van der Waals surface area (Å²) in [5.41, 5.74) is -0.638. The minimum atomic E-state index is -0.789. The Morgan fingerprint density at radius 2 is 2.13 bits per heavy atom. The molecule has 0 fully saturated rings. The molecular formula is C15H20BrN3O4. The first-order valence-corrected chi connectivity index (χ1v) is 7.92. The number of anilines is 1. The zero-order chi connectivity index (χ0) is 17.4. The van der Waals surface area contributed by atoms with Crippen molar-refractivity contribution in [3.05, 3.63) is 16.7 Å². The molecule has 0 aromatic carbocycles. The predicted molar refractivity (Wildman–Crippen MR) is 88.6 cm³/mol. The average molecular weight is 386 g/mol. The smallest absolute Gasteiger partial charge is 0.410 e. The molecule has 0 spiro atoms. The van der Waals surface area contributed by atoms with Gasteiger partial charge in [0.05, 0.1) is 0 Å². The first kappa shape index (κ1) is 17.5. The van der Waals surface area contributed by atoms with Gasteiger partial charge in [-0.15, -0.1) is 0 Å². The molecule has 8 heteroatoms. The molecular weight excluding hydrogens is 366 g/mol. The third-order valence-corrected chi connectivity index (χ3v) is 3.73. The number of ether oxygens (including phenoxy) is 2. The van der Waals surface area contributed by atoms with Crippen LogP contribution in [0.3, 0.4) is 0 Å². The molecule has 1 aromatic heterocycles. The van der Waals surface area contributed by atoms with Crippen molar-refractivity contribution >= 4 is 33.7 Å². The van der Waals surface area contributed by atoms with E-state index in [2.05, 4.69) is 20.9 Å². The summed E-state index contributed by atoms with van der Waals surface area (Å²) >= 11 is 3.27. The largest absolute Gasteiger partial charge is 0.487 e. The van der Waals surface area contributed by atoms with Gasteiger partial charge in [0.25, 0.3) is 5.91 Å². The van der Waals surface area contributed by atoms with Crippen LogP contribution in [0.25, 0.3) is 0 Å². The van der Waals surface area contributed by atoms with Crippen molar-refractivity contribution in [2.75, 3.05) is 25.6 Å². The summed E-state index contributed by atoms with van der Waals surface area (Å²) in [5.74, 6) is 0.608. The Kier molecular flexibility index (Phi) is 4.84. The van der Waals surface area contributed by atoms with Crippen molar-refractivity contribution in [1.82, 2.24) is 9.88 Å². The van der Waals surface area contributed by atoms with E-state index in [9.17, 15) is 9.59 Å². The first-order valence-electron chi connectivity index (χ1n) is 7.13. The summed E-state index contributed by atoms with van der Waals surface area (Å²) in [6.45, 7) is 5.35. The summed E-state index contributed by atoms with van der Waals surface area (Å²) in [6.07, 6.45) is -0.576. The minimum Gasteiger partial charge on any atom is -0.487 e. The quantitative estimate of drug-likeness (QED) is 0.694. The lowest BCUT2D eigenvalue weighted by molar-refractivity contribution is -0.123. The molecule has 0 unspecified atom stereocenters. The molecule has 0 bridgehead atoms. The normalized spacial score (nSPS) is 17.9. The van der Waals surface area contributed by atoms with Crippen molar-refractivity contribution in [3.63, 3.8) is 0 Å². The molecule has 2 heterocycles. The third kappa shape index (κ3) is 3.93. The molecule has 1 aromatic rings. The highest BCUT2D eigenvalue weighted by molar-refractivity contribution is 9.10. The highest BCUT2D eigenvalue weighted by atomic mass is 79.9. The highest BCUT2D eigenvalue weighted by Gasteiger charge is 2.36. The lowest BCUT2D eigenvalue weighted by Crippen LogP contribution is -2.51. The van der Waals surface area contributed by atoms with E-state index in [0.717, 1.165) is 0 Å². The van der Waals surface area contributed by atoms with E-state index in [1.54, 1.807) is 40.0 Å². The number of hydrogen-bond donors (Lipinski definition) is 0. The molecule has 0 saturated carbocycles. The van der Waals surface area contributed by atoms with Crippen LogP contribution in [-0.2, 0) is 9.53 Å². The molecule has 1 aliphatic rings. The first-order chi connectivity index (χ1) is 10.6. The number of pyridine rings is 1. The van der Waals surface area contributed by atoms with Crippen LogP contribution in [0, 0.1) is 0 Å². The highest BCUT2D eigenvalue weighted by Crippen LogP contribution is 2.30. The number of halogens is 1. The van der Waals surface area contributed by atoms with E-state index in [-0.39, 0.29) is 12.5 Å². The van der Waals surface area contributed by atoms with Crippen LogP contribution in [0.15, 0.2) is 16.7 Å². The Balaban J connectivity index is 2.23. The number of nitrogens with zero attached hydrogens (tertiary/aromatic N) is 3. The van der Waals surface area contributed by atoms with Crippen LogP contribution < -0.4 is 9.64 Å². The zero-order valence-corrected chi connectivity index (χ0v) is 15.4. The average Bonchev–Trinajstić information content (AvgIpc) is 2.56. The second-order valence-corrected chi connectivity index (χ2v) is 7.08. The fraction of sp³-hybridized carbons (Fsp3) is 0.533. The van der Waals surface area contributed by atoms with Crippen molar-refractivity contribution < 1.29 is 19.1 Å². The van der Waals surface area contributed by atoms with Gasteiger partial charge < -0.3 is 9.47 Å². The Bertz CT molecular complexity index is 630. The van der Waals surface area contributed by atoms with Gasteiger partial charge in [0.1, 0.15) is 22.9 Å². The van der Waals surface area contributed by atoms with E-state index < -0.39 is 17.7 Å². The van der Waals surface area contributed by atoms with Crippen LogP contribution in [0.4, 0.5) is 10.6 Å². The maximum Gasteiger partial charge on any atom is 0.410 e. The van der Waals surface area contributed by atoms with Gasteiger partial charge in [-0.25, -0.2) is 9.78 Å². The van der Waals surface area contributed by atoms with Gasteiger partial charge in [-0.3, -0.25) is 14.6 Å². The number of amides is 2. The maximum absolute atomic E-state index is 12.7.